The predicted molar refractivity (Wildman–Crippen MR) is 118 cm³/mol. The predicted octanol–water partition coefficient (Wildman–Crippen LogP) is 3.59. The van der Waals surface area contributed by atoms with E-state index >= 15 is 0 Å². The summed E-state index contributed by atoms with van der Waals surface area (Å²) in [5, 5.41) is 12.9. The molecule has 0 spiro atoms. The minimum absolute atomic E-state index is 0.0170. The SMILES string of the molecule is CCC(=O)Oc1ccc(C[C@](NC(C)CC)(OC(=O)OC(C)C)C(=O)O)cc1OC(=O)CC. The molecular weight excluding hydrogens is 434 g/mol. The lowest BCUT2D eigenvalue weighted by atomic mass is 10.00. The van der Waals surface area contributed by atoms with Crippen LogP contribution in [0.15, 0.2) is 18.2 Å². The molecule has 2 N–H and O–H groups in total. The summed E-state index contributed by atoms with van der Waals surface area (Å²) in [6.07, 6.45) is -1.24. The molecule has 10 nitrogen and oxygen atoms in total. The zero-order chi connectivity index (χ0) is 25.2. The molecule has 0 aliphatic heterocycles. The third-order valence-corrected chi connectivity index (χ3v) is 4.51. The highest BCUT2D eigenvalue weighted by Crippen LogP contribution is 2.31. The summed E-state index contributed by atoms with van der Waals surface area (Å²) >= 11 is 0. The fourth-order valence-electron chi connectivity index (χ4n) is 2.66. The van der Waals surface area contributed by atoms with Crippen molar-refractivity contribution in [3.05, 3.63) is 23.8 Å². The summed E-state index contributed by atoms with van der Waals surface area (Å²) in [4.78, 5) is 48.1. The van der Waals surface area contributed by atoms with Crippen LogP contribution in [0.2, 0.25) is 0 Å². The van der Waals surface area contributed by atoms with Crippen LogP contribution >= 0.6 is 0 Å². The Labute approximate surface area is 193 Å². The zero-order valence-corrected chi connectivity index (χ0v) is 19.9. The fourth-order valence-corrected chi connectivity index (χ4v) is 2.66. The smallest absolute Gasteiger partial charge is 0.477 e. The number of rotatable bonds is 12. The summed E-state index contributed by atoms with van der Waals surface area (Å²) < 4.78 is 20.7. The second-order valence-electron chi connectivity index (χ2n) is 7.72. The standard InChI is InChI=1S/C23H33NO9/c1-7-15(6)24-23(21(27)28,33-22(29)30-14(4)5)13-16-10-11-17(31-19(25)8-2)18(12-16)32-20(26)9-3/h10-12,14-15,24H,7-9,13H2,1-6H3,(H,27,28)/t15?,23-/m0/s1. The maximum atomic E-state index is 12.3. The first-order valence-corrected chi connectivity index (χ1v) is 10.9. The second-order valence-corrected chi connectivity index (χ2v) is 7.72. The Morgan fingerprint density at radius 1 is 0.970 bits per heavy atom. The van der Waals surface area contributed by atoms with Crippen molar-refractivity contribution in [1.29, 1.82) is 0 Å². The molecule has 0 aromatic heterocycles. The lowest BCUT2D eigenvalue weighted by Crippen LogP contribution is -2.59. The van der Waals surface area contributed by atoms with Gasteiger partial charge in [0.2, 0.25) is 0 Å². The highest BCUT2D eigenvalue weighted by Gasteiger charge is 2.45. The van der Waals surface area contributed by atoms with Gasteiger partial charge in [-0.25, -0.2) is 9.59 Å². The summed E-state index contributed by atoms with van der Waals surface area (Å²) in [5.74, 6) is -2.57. The van der Waals surface area contributed by atoms with Crippen LogP contribution in [0.1, 0.15) is 66.4 Å². The molecular formula is C23H33NO9. The van der Waals surface area contributed by atoms with Crippen molar-refractivity contribution in [2.45, 2.75) is 85.1 Å². The Balaban J connectivity index is 3.42. The Morgan fingerprint density at radius 3 is 2.03 bits per heavy atom. The van der Waals surface area contributed by atoms with Crippen LogP contribution in [0.3, 0.4) is 0 Å². The summed E-state index contributed by atoms with van der Waals surface area (Å²) in [7, 11) is 0. The average Bonchev–Trinajstić information content (AvgIpc) is 2.74. The first kappa shape index (κ1) is 27.9. The van der Waals surface area contributed by atoms with E-state index in [4.69, 9.17) is 18.9 Å². The molecule has 10 heteroatoms. The minimum Gasteiger partial charge on any atom is -0.477 e. The van der Waals surface area contributed by atoms with Crippen LogP contribution in [0, 0.1) is 0 Å². The van der Waals surface area contributed by atoms with Gasteiger partial charge in [0.05, 0.1) is 6.10 Å². The highest BCUT2D eigenvalue weighted by molar-refractivity contribution is 5.81. The van der Waals surface area contributed by atoms with Crippen LogP contribution in [-0.2, 0) is 30.3 Å². The van der Waals surface area contributed by atoms with Crippen LogP contribution in [-0.4, -0.2) is 47.0 Å². The highest BCUT2D eigenvalue weighted by atomic mass is 16.7. The largest absolute Gasteiger partial charge is 0.510 e. The Hall–Kier alpha value is -3.14. The molecule has 1 unspecified atom stereocenters. The van der Waals surface area contributed by atoms with Gasteiger partial charge in [-0.2, -0.15) is 0 Å². The molecule has 0 radical (unpaired) electrons. The third kappa shape index (κ3) is 8.72. The lowest BCUT2D eigenvalue weighted by molar-refractivity contribution is -0.167. The Bertz CT molecular complexity index is 852. The van der Waals surface area contributed by atoms with Crippen LogP contribution in [0.25, 0.3) is 0 Å². The van der Waals surface area contributed by atoms with Crippen molar-refractivity contribution in [3.8, 4) is 11.5 Å². The zero-order valence-electron chi connectivity index (χ0n) is 19.9. The summed E-state index contributed by atoms with van der Waals surface area (Å²) in [6, 6.07) is 3.94. The van der Waals surface area contributed by atoms with E-state index < -0.39 is 35.9 Å². The van der Waals surface area contributed by atoms with E-state index in [1.54, 1.807) is 34.6 Å². The van der Waals surface area contributed by atoms with Crippen LogP contribution < -0.4 is 14.8 Å². The molecule has 0 aliphatic carbocycles. The van der Waals surface area contributed by atoms with E-state index in [1.165, 1.54) is 18.2 Å². The van der Waals surface area contributed by atoms with E-state index in [2.05, 4.69) is 5.32 Å². The molecule has 184 valence electrons. The third-order valence-electron chi connectivity index (χ3n) is 4.51. The molecule has 0 aliphatic rings. The number of aliphatic carboxylic acids is 1. The quantitative estimate of drug-likeness (QED) is 0.266. The van der Waals surface area contributed by atoms with Gasteiger partial charge in [-0.1, -0.05) is 26.8 Å². The number of hydrogen-bond acceptors (Lipinski definition) is 9. The number of esters is 2. The van der Waals surface area contributed by atoms with Crippen molar-refractivity contribution >= 4 is 24.1 Å². The molecule has 33 heavy (non-hydrogen) atoms. The number of carbonyl (C=O) groups is 4. The van der Waals surface area contributed by atoms with Crippen molar-refractivity contribution in [2.75, 3.05) is 0 Å². The Morgan fingerprint density at radius 2 is 1.55 bits per heavy atom. The number of carbonyl (C=O) groups excluding carboxylic acids is 3. The molecule has 1 aromatic rings. The van der Waals surface area contributed by atoms with Crippen molar-refractivity contribution in [2.24, 2.45) is 0 Å². The number of carboxylic acids is 1. The molecule has 0 saturated carbocycles. The number of hydrogen-bond donors (Lipinski definition) is 2. The average molecular weight is 468 g/mol. The van der Waals surface area contributed by atoms with Crippen molar-refractivity contribution in [1.82, 2.24) is 5.32 Å². The van der Waals surface area contributed by atoms with Gasteiger partial charge in [0.15, 0.2) is 11.5 Å². The molecule has 0 amide bonds. The van der Waals surface area contributed by atoms with E-state index in [1.807, 2.05) is 6.92 Å². The normalized spacial score (nSPS) is 13.5. The molecule has 0 saturated heterocycles. The summed E-state index contributed by atoms with van der Waals surface area (Å²) in [6.45, 7) is 10.0. The lowest BCUT2D eigenvalue weighted by Gasteiger charge is -2.32. The molecule has 0 heterocycles. The van der Waals surface area contributed by atoms with Gasteiger partial charge in [-0.15, -0.1) is 0 Å². The van der Waals surface area contributed by atoms with E-state index in [0.29, 0.717) is 12.0 Å². The van der Waals surface area contributed by atoms with Gasteiger partial charge in [0.1, 0.15) is 0 Å². The molecule has 0 fully saturated rings. The first-order valence-electron chi connectivity index (χ1n) is 10.9. The number of carboxylic acid groups (broad SMARTS) is 1. The van der Waals surface area contributed by atoms with Gasteiger partial charge in [0.25, 0.3) is 5.72 Å². The fraction of sp³-hybridized carbons (Fsp3) is 0.565. The molecule has 0 bridgehead atoms. The number of benzene rings is 1. The first-order chi connectivity index (χ1) is 15.5. The van der Waals surface area contributed by atoms with Gasteiger partial charge in [-0.05, 0) is 44.9 Å². The van der Waals surface area contributed by atoms with Gasteiger partial charge in [-0.3, -0.25) is 14.9 Å². The van der Waals surface area contributed by atoms with E-state index in [9.17, 15) is 24.3 Å². The number of ether oxygens (including phenoxy) is 4. The maximum Gasteiger partial charge on any atom is 0.510 e. The summed E-state index contributed by atoms with van der Waals surface area (Å²) in [5.41, 5.74) is -1.81. The topological polar surface area (TPSA) is 137 Å². The van der Waals surface area contributed by atoms with Crippen LogP contribution in [0.5, 0.6) is 11.5 Å². The van der Waals surface area contributed by atoms with Crippen LogP contribution in [0.4, 0.5) is 4.79 Å². The molecule has 2 atom stereocenters. The molecule has 1 rings (SSSR count). The van der Waals surface area contributed by atoms with Crippen molar-refractivity contribution in [3.63, 3.8) is 0 Å². The minimum atomic E-state index is -2.16. The van der Waals surface area contributed by atoms with E-state index in [0.717, 1.165) is 0 Å². The molecule has 1 aromatic carbocycles. The van der Waals surface area contributed by atoms with E-state index in [-0.39, 0.29) is 36.8 Å². The number of nitrogens with one attached hydrogen (secondary N) is 1. The van der Waals surface area contributed by atoms with Gasteiger partial charge in [0, 0.05) is 25.3 Å². The second kappa shape index (κ2) is 12.8. The Kier molecular flexibility index (Phi) is 10.8. The van der Waals surface area contributed by atoms with Gasteiger partial charge < -0.3 is 24.1 Å². The monoisotopic (exact) mass is 467 g/mol. The van der Waals surface area contributed by atoms with Gasteiger partial charge >= 0.3 is 24.1 Å². The van der Waals surface area contributed by atoms with Crippen molar-refractivity contribution < 1.29 is 43.2 Å². The maximum absolute atomic E-state index is 12.3.